The van der Waals surface area contributed by atoms with E-state index in [2.05, 4.69) is 15.5 Å². The van der Waals surface area contributed by atoms with Crippen LogP contribution in [-0.4, -0.2) is 28.5 Å². The lowest BCUT2D eigenvalue weighted by molar-refractivity contribution is -0.137. The maximum absolute atomic E-state index is 12.8. The Labute approximate surface area is 178 Å². The Morgan fingerprint density at radius 2 is 1.93 bits per heavy atom. The van der Waals surface area contributed by atoms with Gasteiger partial charge in [0.1, 0.15) is 5.75 Å². The SMILES string of the molecule is CCOc1ccc(-c2nnc(SCC(=O)Nc3cc(C(F)(F)F)ccc3Cl)o2)cc1. The van der Waals surface area contributed by atoms with Crippen molar-refractivity contribution in [2.24, 2.45) is 0 Å². The minimum absolute atomic E-state index is 0.00285. The maximum atomic E-state index is 12.8. The highest BCUT2D eigenvalue weighted by Gasteiger charge is 2.31. The first-order valence-electron chi connectivity index (χ1n) is 8.62. The van der Waals surface area contributed by atoms with Crippen LogP contribution in [0.25, 0.3) is 11.5 Å². The number of amides is 1. The Morgan fingerprint density at radius 1 is 1.20 bits per heavy atom. The minimum atomic E-state index is -4.54. The van der Waals surface area contributed by atoms with Gasteiger partial charge in [-0.25, -0.2) is 0 Å². The zero-order valence-corrected chi connectivity index (χ0v) is 17.1. The lowest BCUT2D eigenvalue weighted by Crippen LogP contribution is -2.15. The smallest absolute Gasteiger partial charge is 0.416 e. The van der Waals surface area contributed by atoms with Gasteiger partial charge in [0.05, 0.1) is 28.6 Å². The van der Waals surface area contributed by atoms with Crippen LogP contribution in [0, 0.1) is 0 Å². The number of alkyl halides is 3. The molecule has 0 atom stereocenters. The van der Waals surface area contributed by atoms with Gasteiger partial charge in [0.2, 0.25) is 11.8 Å². The molecular formula is C19H15ClF3N3O3S. The second kappa shape index (κ2) is 9.40. The quantitative estimate of drug-likeness (QED) is 0.469. The molecule has 0 aliphatic rings. The first kappa shape index (κ1) is 22.0. The molecular weight excluding hydrogens is 443 g/mol. The van der Waals surface area contributed by atoms with Gasteiger partial charge in [-0.1, -0.05) is 23.4 Å². The van der Waals surface area contributed by atoms with Crippen molar-refractivity contribution in [1.82, 2.24) is 10.2 Å². The molecule has 1 amide bonds. The summed E-state index contributed by atoms with van der Waals surface area (Å²) in [6, 6.07) is 9.75. The number of rotatable bonds is 7. The number of benzene rings is 2. The van der Waals surface area contributed by atoms with Crippen molar-refractivity contribution < 1.29 is 27.1 Å². The normalized spacial score (nSPS) is 11.4. The monoisotopic (exact) mass is 457 g/mol. The van der Waals surface area contributed by atoms with Crippen LogP contribution in [0.1, 0.15) is 12.5 Å². The number of hydrogen-bond acceptors (Lipinski definition) is 6. The number of carbonyl (C=O) groups excluding carboxylic acids is 1. The molecule has 158 valence electrons. The molecule has 0 saturated heterocycles. The number of thioether (sulfide) groups is 1. The summed E-state index contributed by atoms with van der Waals surface area (Å²) in [5, 5.41) is 10.3. The molecule has 6 nitrogen and oxygen atoms in total. The largest absolute Gasteiger partial charge is 0.494 e. The summed E-state index contributed by atoms with van der Waals surface area (Å²) >= 11 is 6.82. The third-order valence-corrected chi connectivity index (χ3v) is 4.86. The van der Waals surface area contributed by atoms with Gasteiger partial charge in [-0.15, -0.1) is 10.2 Å². The lowest BCUT2D eigenvalue weighted by atomic mass is 10.2. The van der Waals surface area contributed by atoms with Crippen molar-refractivity contribution in [2.75, 3.05) is 17.7 Å². The Kier molecular flexibility index (Phi) is 6.88. The molecule has 0 unspecified atom stereocenters. The predicted molar refractivity (Wildman–Crippen MR) is 107 cm³/mol. The number of nitrogens with one attached hydrogen (secondary N) is 1. The van der Waals surface area contributed by atoms with Gasteiger partial charge in [0.25, 0.3) is 5.22 Å². The molecule has 30 heavy (non-hydrogen) atoms. The summed E-state index contributed by atoms with van der Waals surface area (Å²) in [6.07, 6.45) is -4.54. The van der Waals surface area contributed by atoms with Gasteiger partial charge >= 0.3 is 6.18 Å². The molecule has 11 heteroatoms. The third kappa shape index (κ3) is 5.67. The second-order valence-electron chi connectivity index (χ2n) is 5.86. The zero-order valence-electron chi connectivity index (χ0n) is 15.5. The second-order valence-corrected chi connectivity index (χ2v) is 7.19. The number of ether oxygens (including phenoxy) is 1. The van der Waals surface area contributed by atoms with Gasteiger partial charge in [-0.2, -0.15) is 13.2 Å². The van der Waals surface area contributed by atoms with Crippen molar-refractivity contribution in [3.05, 3.63) is 53.1 Å². The Balaban J connectivity index is 1.59. The third-order valence-electron chi connectivity index (χ3n) is 3.71. The maximum Gasteiger partial charge on any atom is 0.416 e. The molecule has 0 radical (unpaired) electrons. The molecule has 0 saturated carbocycles. The van der Waals surface area contributed by atoms with Crippen LogP contribution < -0.4 is 10.1 Å². The molecule has 0 aliphatic heterocycles. The van der Waals surface area contributed by atoms with Crippen LogP contribution in [0.3, 0.4) is 0 Å². The molecule has 0 aliphatic carbocycles. The van der Waals surface area contributed by atoms with E-state index in [1.165, 1.54) is 0 Å². The molecule has 2 aromatic carbocycles. The number of carbonyl (C=O) groups is 1. The molecule has 1 aromatic heterocycles. The Hall–Kier alpha value is -2.72. The highest BCUT2D eigenvalue weighted by Crippen LogP contribution is 2.34. The highest BCUT2D eigenvalue weighted by molar-refractivity contribution is 7.99. The highest BCUT2D eigenvalue weighted by atomic mass is 35.5. The molecule has 0 bridgehead atoms. The zero-order chi connectivity index (χ0) is 21.7. The van der Waals surface area contributed by atoms with E-state index in [9.17, 15) is 18.0 Å². The van der Waals surface area contributed by atoms with E-state index < -0.39 is 17.6 Å². The molecule has 3 aromatic rings. The fourth-order valence-corrected chi connectivity index (χ4v) is 3.08. The Morgan fingerprint density at radius 3 is 2.60 bits per heavy atom. The average Bonchev–Trinajstić information content (AvgIpc) is 3.17. The van der Waals surface area contributed by atoms with E-state index in [1.807, 2.05) is 6.92 Å². The number of halogens is 4. The van der Waals surface area contributed by atoms with Gasteiger partial charge < -0.3 is 14.5 Å². The van der Waals surface area contributed by atoms with Crippen molar-refractivity contribution >= 4 is 35.0 Å². The van der Waals surface area contributed by atoms with E-state index >= 15 is 0 Å². The van der Waals surface area contributed by atoms with E-state index in [4.69, 9.17) is 20.8 Å². The predicted octanol–water partition coefficient (Wildman–Crippen LogP) is 5.54. The van der Waals surface area contributed by atoms with Crippen LogP contribution in [0.2, 0.25) is 5.02 Å². The molecule has 1 N–H and O–H groups in total. The number of anilines is 1. The van der Waals surface area contributed by atoms with Crippen LogP contribution in [0.15, 0.2) is 52.1 Å². The van der Waals surface area contributed by atoms with Crippen LogP contribution in [0.5, 0.6) is 5.75 Å². The number of nitrogens with zero attached hydrogens (tertiary/aromatic N) is 2. The van der Waals surface area contributed by atoms with Crippen molar-refractivity contribution in [2.45, 2.75) is 18.3 Å². The minimum Gasteiger partial charge on any atom is -0.494 e. The Bertz CT molecular complexity index is 1030. The van der Waals surface area contributed by atoms with Gasteiger partial charge in [-0.3, -0.25) is 4.79 Å². The van der Waals surface area contributed by atoms with E-state index in [0.29, 0.717) is 17.9 Å². The summed E-state index contributed by atoms with van der Waals surface area (Å²) in [4.78, 5) is 12.1. The number of hydrogen-bond donors (Lipinski definition) is 1. The van der Waals surface area contributed by atoms with Crippen molar-refractivity contribution in [1.29, 1.82) is 0 Å². The topological polar surface area (TPSA) is 77.2 Å². The summed E-state index contributed by atoms with van der Waals surface area (Å²) in [5.41, 5.74) is -0.359. The summed E-state index contributed by atoms with van der Waals surface area (Å²) in [5.74, 6) is 0.251. The lowest BCUT2D eigenvalue weighted by Gasteiger charge is -2.11. The molecule has 1 heterocycles. The standard InChI is InChI=1S/C19H15ClF3N3O3S/c1-2-28-13-6-3-11(4-7-13)17-25-26-18(29-17)30-10-16(27)24-15-9-12(19(21,22)23)5-8-14(15)20/h3-9H,2,10H2,1H3,(H,24,27). The molecule has 0 spiro atoms. The van der Waals surface area contributed by atoms with E-state index in [-0.39, 0.29) is 27.6 Å². The fourth-order valence-electron chi connectivity index (χ4n) is 2.36. The first-order valence-corrected chi connectivity index (χ1v) is 9.98. The first-order chi connectivity index (χ1) is 14.3. The van der Waals surface area contributed by atoms with Gasteiger partial charge in [0, 0.05) is 5.56 Å². The van der Waals surface area contributed by atoms with E-state index in [0.717, 1.165) is 30.0 Å². The number of aromatic nitrogens is 2. The van der Waals surface area contributed by atoms with Gasteiger partial charge in [0.15, 0.2) is 0 Å². The summed E-state index contributed by atoms with van der Waals surface area (Å²) < 4.78 is 49.3. The average molecular weight is 458 g/mol. The summed E-state index contributed by atoms with van der Waals surface area (Å²) in [7, 11) is 0. The molecule has 0 fully saturated rings. The molecule has 3 rings (SSSR count). The van der Waals surface area contributed by atoms with Crippen molar-refractivity contribution in [3.8, 4) is 17.2 Å². The van der Waals surface area contributed by atoms with Gasteiger partial charge in [-0.05, 0) is 49.4 Å². The fraction of sp³-hybridized carbons (Fsp3) is 0.211. The van der Waals surface area contributed by atoms with Crippen molar-refractivity contribution in [3.63, 3.8) is 0 Å². The van der Waals surface area contributed by atoms with Crippen LogP contribution in [0.4, 0.5) is 18.9 Å². The van der Waals surface area contributed by atoms with Crippen LogP contribution >= 0.6 is 23.4 Å². The van der Waals surface area contributed by atoms with Crippen LogP contribution in [-0.2, 0) is 11.0 Å². The van der Waals surface area contributed by atoms with E-state index in [1.54, 1.807) is 24.3 Å². The summed E-state index contributed by atoms with van der Waals surface area (Å²) in [6.45, 7) is 2.43.